The monoisotopic (exact) mass is 369 g/mol. The minimum absolute atomic E-state index is 0.142. The van der Waals surface area contributed by atoms with Crippen molar-refractivity contribution in [2.75, 3.05) is 25.2 Å². The number of hydrogen-bond donors (Lipinski definition) is 2. The van der Waals surface area contributed by atoms with Gasteiger partial charge in [-0.15, -0.1) is 0 Å². The Labute approximate surface area is 156 Å². The molecule has 0 spiro atoms. The molecule has 1 heterocycles. The summed E-state index contributed by atoms with van der Waals surface area (Å²) in [5.41, 5.74) is 6.35. The Balaban J connectivity index is 1.64. The molecule has 2 N–H and O–H groups in total. The number of rotatable bonds is 4. The van der Waals surface area contributed by atoms with Gasteiger partial charge in [0.1, 0.15) is 18.0 Å². The highest BCUT2D eigenvalue weighted by Gasteiger charge is 2.27. The van der Waals surface area contributed by atoms with Gasteiger partial charge in [-0.3, -0.25) is 30.1 Å². The number of fused-ring (bicyclic) bond motifs is 1. The first-order valence-electron chi connectivity index (χ1n) is 8.25. The number of ether oxygens (including phenoxy) is 2. The minimum Gasteiger partial charge on any atom is -0.496 e. The first-order chi connectivity index (χ1) is 13.0. The highest BCUT2D eigenvalue weighted by atomic mass is 16.5. The average Bonchev–Trinajstić information content (AvgIpc) is 2.68. The molecule has 3 rings (SSSR count). The number of para-hydroxylation sites is 2. The van der Waals surface area contributed by atoms with Crippen LogP contribution in [0, 0.1) is 6.92 Å². The van der Waals surface area contributed by atoms with Crippen molar-refractivity contribution in [3.63, 3.8) is 0 Å². The molecule has 0 bridgehead atoms. The smallest absolute Gasteiger partial charge is 0.273 e. The van der Waals surface area contributed by atoms with Crippen molar-refractivity contribution >= 4 is 23.4 Å². The molecule has 8 heteroatoms. The highest BCUT2D eigenvalue weighted by molar-refractivity contribution is 6.03. The van der Waals surface area contributed by atoms with Crippen molar-refractivity contribution in [2.24, 2.45) is 0 Å². The van der Waals surface area contributed by atoms with Crippen molar-refractivity contribution in [2.45, 2.75) is 6.92 Å². The number of carbonyl (C=O) groups is 3. The minimum atomic E-state index is -0.542. The highest BCUT2D eigenvalue weighted by Crippen LogP contribution is 2.31. The number of nitrogens with zero attached hydrogens (tertiary/aromatic N) is 1. The summed E-state index contributed by atoms with van der Waals surface area (Å²) in [6.07, 6.45) is 0. The van der Waals surface area contributed by atoms with E-state index in [2.05, 4.69) is 10.9 Å². The lowest BCUT2D eigenvalue weighted by Gasteiger charge is -2.28. The summed E-state index contributed by atoms with van der Waals surface area (Å²) in [5.74, 6) is -0.476. The van der Waals surface area contributed by atoms with Crippen LogP contribution in [0.3, 0.4) is 0 Å². The van der Waals surface area contributed by atoms with E-state index in [-0.39, 0.29) is 19.1 Å². The van der Waals surface area contributed by atoms with E-state index in [1.54, 1.807) is 36.4 Å². The molecule has 0 saturated heterocycles. The molecule has 0 unspecified atom stereocenters. The van der Waals surface area contributed by atoms with E-state index in [1.165, 1.54) is 12.0 Å². The third-order valence-electron chi connectivity index (χ3n) is 4.03. The molecule has 8 nitrogen and oxygen atoms in total. The second-order valence-corrected chi connectivity index (χ2v) is 5.94. The number of aryl methyl sites for hydroxylation is 1. The number of methoxy groups -OCH3 is 1. The summed E-state index contributed by atoms with van der Waals surface area (Å²) in [4.78, 5) is 38.0. The molecule has 0 atom stereocenters. The van der Waals surface area contributed by atoms with Crippen molar-refractivity contribution in [1.82, 2.24) is 10.9 Å². The van der Waals surface area contributed by atoms with E-state index in [1.807, 2.05) is 13.0 Å². The van der Waals surface area contributed by atoms with Gasteiger partial charge in [0, 0.05) is 0 Å². The second-order valence-electron chi connectivity index (χ2n) is 5.94. The predicted octanol–water partition coefficient (Wildman–Crippen LogP) is 1.19. The Morgan fingerprint density at radius 1 is 1.19 bits per heavy atom. The van der Waals surface area contributed by atoms with Crippen LogP contribution >= 0.6 is 0 Å². The Kier molecular flexibility index (Phi) is 5.25. The van der Waals surface area contributed by atoms with Crippen LogP contribution in [0.15, 0.2) is 42.5 Å². The van der Waals surface area contributed by atoms with Gasteiger partial charge in [0.2, 0.25) is 0 Å². The maximum absolute atomic E-state index is 12.3. The molecule has 0 fully saturated rings. The zero-order valence-corrected chi connectivity index (χ0v) is 14.9. The number of benzene rings is 2. The number of carbonyl (C=O) groups excluding carboxylic acids is 3. The molecule has 2 aromatic carbocycles. The van der Waals surface area contributed by atoms with E-state index < -0.39 is 11.8 Å². The first kappa shape index (κ1) is 18.2. The number of amides is 3. The van der Waals surface area contributed by atoms with Gasteiger partial charge >= 0.3 is 0 Å². The summed E-state index contributed by atoms with van der Waals surface area (Å²) in [7, 11) is 1.46. The van der Waals surface area contributed by atoms with E-state index >= 15 is 0 Å². The molecular weight excluding hydrogens is 350 g/mol. The molecule has 0 aliphatic carbocycles. The first-order valence-corrected chi connectivity index (χ1v) is 8.25. The summed E-state index contributed by atoms with van der Waals surface area (Å²) in [6, 6.07) is 12.1. The molecule has 27 heavy (non-hydrogen) atoms. The molecule has 0 radical (unpaired) electrons. The summed E-state index contributed by atoms with van der Waals surface area (Å²) < 4.78 is 10.5. The van der Waals surface area contributed by atoms with Gasteiger partial charge in [0.25, 0.3) is 17.7 Å². The predicted molar refractivity (Wildman–Crippen MR) is 97.6 cm³/mol. The summed E-state index contributed by atoms with van der Waals surface area (Å²) in [5, 5.41) is 0. The summed E-state index contributed by atoms with van der Waals surface area (Å²) in [6.45, 7) is 1.46. The third-order valence-corrected chi connectivity index (χ3v) is 4.03. The van der Waals surface area contributed by atoms with Gasteiger partial charge in [0.15, 0.2) is 6.61 Å². The lowest BCUT2D eigenvalue weighted by molar-refractivity contribution is -0.125. The number of nitrogens with one attached hydrogen (secondary N) is 2. The zero-order valence-electron chi connectivity index (χ0n) is 14.9. The van der Waals surface area contributed by atoms with E-state index in [9.17, 15) is 14.4 Å². The fraction of sp³-hybridized carbons (Fsp3) is 0.211. The molecular formula is C19H19N3O5. The van der Waals surface area contributed by atoms with Crippen LogP contribution in [0.1, 0.15) is 15.9 Å². The van der Waals surface area contributed by atoms with E-state index in [0.29, 0.717) is 22.7 Å². The fourth-order valence-corrected chi connectivity index (χ4v) is 2.70. The van der Waals surface area contributed by atoms with Crippen LogP contribution in [-0.2, 0) is 9.59 Å². The normalized spacial score (nSPS) is 12.7. The second kappa shape index (κ2) is 7.77. The van der Waals surface area contributed by atoms with Crippen LogP contribution in [0.5, 0.6) is 11.5 Å². The Morgan fingerprint density at radius 2 is 1.96 bits per heavy atom. The molecule has 0 aromatic heterocycles. The van der Waals surface area contributed by atoms with Gasteiger partial charge in [-0.1, -0.05) is 23.8 Å². The standard InChI is InChI=1S/C19H19N3O5/c1-12-7-8-15(26-2)13(9-12)19(25)21-20-17(23)10-22-14-5-3-4-6-16(14)27-11-18(22)24/h3-9H,10-11H2,1-2H3,(H,20,23)(H,21,25). The van der Waals surface area contributed by atoms with Crippen LogP contribution in [0.4, 0.5) is 5.69 Å². The van der Waals surface area contributed by atoms with Gasteiger partial charge in [0.05, 0.1) is 18.4 Å². The SMILES string of the molecule is COc1ccc(C)cc1C(=O)NNC(=O)CN1C(=O)COc2ccccc21. The van der Waals surface area contributed by atoms with Crippen LogP contribution in [0.2, 0.25) is 0 Å². The number of hydrazine groups is 1. The number of anilines is 1. The molecule has 0 saturated carbocycles. The Morgan fingerprint density at radius 3 is 2.74 bits per heavy atom. The van der Waals surface area contributed by atoms with Crippen molar-refractivity contribution < 1.29 is 23.9 Å². The zero-order chi connectivity index (χ0) is 19.4. The maximum Gasteiger partial charge on any atom is 0.273 e. The number of hydrogen-bond acceptors (Lipinski definition) is 5. The largest absolute Gasteiger partial charge is 0.496 e. The fourth-order valence-electron chi connectivity index (χ4n) is 2.70. The average molecular weight is 369 g/mol. The molecule has 3 amide bonds. The lowest BCUT2D eigenvalue weighted by Crippen LogP contribution is -2.49. The lowest BCUT2D eigenvalue weighted by atomic mass is 10.1. The van der Waals surface area contributed by atoms with Gasteiger partial charge < -0.3 is 9.47 Å². The van der Waals surface area contributed by atoms with Gasteiger partial charge in [-0.2, -0.15) is 0 Å². The molecule has 1 aliphatic heterocycles. The Hall–Kier alpha value is -3.55. The topological polar surface area (TPSA) is 97.0 Å². The molecule has 2 aromatic rings. The Bertz CT molecular complexity index is 897. The molecule has 1 aliphatic rings. The third kappa shape index (κ3) is 4.00. The molecule has 140 valence electrons. The van der Waals surface area contributed by atoms with Crippen molar-refractivity contribution in [3.8, 4) is 11.5 Å². The van der Waals surface area contributed by atoms with Crippen LogP contribution < -0.4 is 25.2 Å². The van der Waals surface area contributed by atoms with Gasteiger partial charge in [-0.05, 0) is 31.2 Å². The van der Waals surface area contributed by atoms with Crippen LogP contribution in [0.25, 0.3) is 0 Å². The quantitative estimate of drug-likeness (QED) is 0.789. The van der Waals surface area contributed by atoms with Crippen LogP contribution in [-0.4, -0.2) is 38.0 Å². The van der Waals surface area contributed by atoms with E-state index in [0.717, 1.165) is 5.56 Å². The summed E-state index contributed by atoms with van der Waals surface area (Å²) >= 11 is 0. The van der Waals surface area contributed by atoms with Crippen molar-refractivity contribution in [3.05, 3.63) is 53.6 Å². The van der Waals surface area contributed by atoms with Crippen molar-refractivity contribution in [1.29, 1.82) is 0 Å². The maximum atomic E-state index is 12.3. The van der Waals surface area contributed by atoms with Gasteiger partial charge in [-0.25, -0.2) is 0 Å². The van der Waals surface area contributed by atoms with E-state index in [4.69, 9.17) is 9.47 Å².